The third kappa shape index (κ3) is 2.97. The molecule has 1 aliphatic heterocycles. The third-order valence-corrected chi connectivity index (χ3v) is 4.87. The third-order valence-electron chi connectivity index (χ3n) is 4.87. The number of hydrogen-bond acceptors (Lipinski definition) is 3. The second-order valence-electron chi connectivity index (χ2n) is 6.42. The second-order valence-corrected chi connectivity index (χ2v) is 6.42. The first-order valence-corrected chi connectivity index (χ1v) is 8.59. The fourth-order valence-electron chi connectivity index (χ4n) is 3.46. The molecule has 0 bridgehead atoms. The Balaban J connectivity index is 1.62. The molecular weight excluding hydrogens is 296 g/mol. The fourth-order valence-corrected chi connectivity index (χ4v) is 3.46. The van der Waals surface area contributed by atoms with Crippen LogP contribution in [0, 0.1) is 0 Å². The molecular formula is C20H22N4. The quantitative estimate of drug-likeness (QED) is 0.801. The summed E-state index contributed by atoms with van der Waals surface area (Å²) in [6.07, 6.45) is 5.61. The van der Waals surface area contributed by atoms with Crippen LogP contribution in [0.2, 0.25) is 0 Å². The molecule has 0 fully saturated rings. The van der Waals surface area contributed by atoms with E-state index in [1.165, 1.54) is 34.2 Å². The summed E-state index contributed by atoms with van der Waals surface area (Å²) >= 11 is 0. The topological polar surface area (TPSA) is 42.7 Å². The maximum atomic E-state index is 4.17. The molecule has 2 heterocycles. The van der Waals surface area contributed by atoms with Crippen LogP contribution in [-0.2, 0) is 19.5 Å². The molecule has 1 aromatic heterocycles. The fraction of sp³-hybridized carbons (Fsp3) is 0.300. The van der Waals surface area contributed by atoms with Gasteiger partial charge in [0.25, 0.3) is 0 Å². The van der Waals surface area contributed by atoms with Crippen molar-refractivity contribution >= 4 is 0 Å². The van der Waals surface area contributed by atoms with Crippen molar-refractivity contribution in [2.75, 3.05) is 0 Å². The lowest BCUT2D eigenvalue weighted by molar-refractivity contribution is 0.468. The van der Waals surface area contributed by atoms with E-state index in [1.807, 2.05) is 4.68 Å². The van der Waals surface area contributed by atoms with Crippen molar-refractivity contribution in [3.05, 3.63) is 71.8 Å². The second kappa shape index (κ2) is 6.57. The van der Waals surface area contributed by atoms with Crippen LogP contribution in [0.1, 0.15) is 30.0 Å². The summed E-state index contributed by atoms with van der Waals surface area (Å²) in [5, 5.41) is 7.79. The van der Waals surface area contributed by atoms with Gasteiger partial charge in [0, 0.05) is 12.6 Å². The molecule has 4 rings (SSSR count). The highest BCUT2D eigenvalue weighted by Crippen LogP contribution is 2.30. The summed E-state index contributed by atoms with van der Waals surface area (Å²) in [7, 11) is 0. The molecule has 0 spiro atoms. The first kappa shape index (κ1) is 15.1. The minimum atomic E-state index is 0.588. The van der Waals surface area contributed by atoms with E-state index < -0.39 is 0 Å². The van der Waals surface area contributed by atoms with Crippen molar-refractivity contribution in [3.63, 3.8) is 0 Å². The maximum absolute atomic E-state index is 4.17. The zero-order chi connectivity index (χ0) is 16.4. The SMILES string of the molecule is CCC1Cc2c(cccc2-c2ccc(Cn3cncn3)cc2)CN1. The summed E-state index contributed by atoms with van der Waals surface area (Å²) in [6, 6.07) is 16.1. The average Bonchev–Trinajstić information content (AvgIpc) is 3.14. The van der Waals surface area contributed by atoms with E-state index in [0.717, 1.165) is 19.5 Å². The molecule has 1 aliphatic rings. The van der Waals surface area contributed by atoms with Crippen molar-refractivity contribution in [1.82, 2.24) is 20.1 Å². The van der Waals surface area contributed by atoms with Gasteiger partial charge < -0.3 is 5.32 Å². The molecule has 0 aliphatic carbocycles. The monoisotopic (exact) mass is 318 g/mol. The van der Waals surface area contributed by atoms with Crippen LogP contribution >= 0.6 is 0 Å². The number of nitrogens with zero attached hydrogens (tertiary/aromatic N) is 3. The Morgan fingerprint density at radius 1 is 1.17 bits per heavy atom. The molecule has 0 saturated heterocycles. The van der Waals surface area contributed by atoms with Gasteiger partial charge in [-0.2, -0.15) is 5.10 Å². The lowest BCUT2D eigenvalue weighted by Crippen LogP contribution is -2.35. The van der Waals surface area contributed by atoms with Crippen molar-refractivity contribution in [2.24, 2.45) is 0 Å². The van der Waals surface area contributed by atoms with Gasteiger partial charge in [-0.05, 0) is 40.7 Å². The number of benzene rings is 2. The Bertz CT molecular complexity index is 806. The van der Waals surface area contributed by atoms with Crippen molar-refractivity contribution in [2.45, 2.75) is 38.9 Å². The zero-order valence-electron chi connectivity index (χ0n) is 13.9. The van der Waals surface area contributed by atoms with E-state index in [2.05, 4.69) is 64.8 Å². The molecule has 0 radical (unpaired) electrons. The molecule has 0 amide bonds. The van der Waals surface area contributed by atoms with Crippen molar-refractivity contribution in [1.29, 1.82) is 0 Å². The Kier molecular flexibility index (Phi) is 4.13. The van der Waals surface area contributed by atoms with Crippen molar-refractivity contribution < 1.29 is 0 Å². The predicted molar refractivity (Wildman–Crippen MR) is 95.6 cm³/mol. The largest absolute Gasteiger partial charge is 0.310 e. The summed E-state index contributed by atoms with van der Waals surface area (Å²) in [5.74, 6) is 0. The molecule has 0 saturated carbocycles. The average molecular weight is 318 g/mol. The molecule has 1 unspecified atom stereocenters. The van der Waals surface area contributed by atoms with Gasteiger partial charge in [0.1, 0.15) is 12.7 Å². The van der Waals surface area contributed by atoms with E-state index in [1.54, 1.807) is 12.7 Å². The molecule has 122 valence electrons. The smallest absolute Gasteiger partial charge is 0.137 e. The Hall–Kier alpha value is -2.46. The number of aromatic nitrogens is 3. The Labute approximate surface area is 142 Å². The van der Waals surface area contributed by atoms with Crippen molar-refractivity contribution in [3.8, 4) is 11.1 Å². The van der Waals surface area contributed by atoms with Crippen LogP contribution in [0.15, 0.2) is 55.1 Å². The van der Waals surface area contributed by atoms with E-state index in [-0.39, 0.29) is 0 Å². The number of rotatable bonds is 4. The van der Waals surface area contributed by atoms with Crippen LogP contribution in [0.25, 0.3) is 11.1 Å². The molecule has 4 nitrogen and oxygen atoms in total. The van der Waals surface area contributed by atoms with Crippen LogP contribution < -0.4 is 5.32 Å². The van der Waals surface area contributed by atoms with Crippen LogP contribution in [0.3, 0.4) is 0 Å². The van der Waals surface area contributed by atoms with Gasteiger partial charge in [0.05, 0.1) is 6.54 Å². The summed E-state index contributed by atoms with van der Waals surface area (Å²) in [5.41, 5.74) is 6.85. The van der Waals surface area contributed by atoms with Gasteiger partial charge in [-0.1, -0.05) is 49.4 Å². The predicted octanol–water partition coefficient (Wildman–Crippen LogP) is 3.42. The molecule has 3 aromatic rings. The zero-order valence-corrected chi connectivity index (χ0v) is 13.9. The number of fused-ring (bicyclic) bond motifs is 1. The van der Waals surface area contributed by atoms with Crippen LogP contribution in [-0.4, -0.2) is 20.8 Å². The van der Waals surface area contributed by atoms with Gasteiger partial charge in [-0.25, -0.2) is 9.67 Å². The van der Waals surface area contributed by atoms with Gasteiger partial charge in [0.2, 0.25) is 0 Å². The van der Waals surface area contributed by atoms with E-state index >= 15 is 0 Å². The van der Waals surface area contributed by atoms with Gasteiger partial charge in [0.15, 0.2) is 0 Å². The molecule has 1 atom stereocenters. The van der Waals surface area contributed by atoms with Gasteiger partial charge in [-0.15, -0.1) is 0 Å². The molecule has 2 aromatic carbocycles. The maximum Gasteiger partial charge on any atom is 0.137 e. The lowest BCUT2D eigenvalue weighted by Gasteiger charge is -2.27. The minimum absolute atomic E-state index is 0.588. The van der Waals surface area contributed by atoms with Crippen LogP contribution in [0.5, 0.6) is 0 Å². The first-order valence-electron chi connectivity index (χ1n) is 8.59. The standard InChI is InChI=1S/C20H22N4/c1-2-18-10-20-17(11-22-18)4-3-5-19(20)16-8-6-15(7-9-16)12-24-14-21-13-23-24/h3-9,13-14,18,22H,2,10-12H2,1H3. The molecule has 1 N–H and O–H groups in total. The Morgan fingerprint density at radius 2 is 2.04 bits per heavy atom. The molecule has 24 heavy (non-hydrogen) atoms. The van der Waals surface area contributed by atoms with Crippen LogP contribution in [0.4, 0.5) is 0 Å². The minimum Gasteiger partial charge on any atom is -0.310 e. The van der Waals surface area contributed by atoms with Gasteiger partial charge in [-0.3, -0.25) is 0 Å². The normalized spacial score (nSPS) is 16.8. The highest BCUT2D eigenvalue weighted by atomic mass is 15.3. The lowest BCUT2D eigenvalue weighted by atomic mass is 9.87. The van der Waals surface area contributed by atoms with Gasteiger partial charge >= 0.3 is 0 Å². The van der Waals surface area contributed by atoms with E-state index in [9.17, 15) is 0 Å². The first-order chi connectivity index (χ1) is 11.8. The van der Waals surface area contributed by atoms with E-state index in [0.29, 0.717) is 6.04 Å². The number of hydrogen-bond donors (Lipinski definition) is 1. The Morgan fingerprint density at radius 3 is 2.79 bits per heavy atom. The number of nitrogens with one attached hydrogen (secondary N) is 1. The molecule has 4 heteroatoms. The highest BCUT2D eigenvalue weighted by Gasteiger charge is 2.19. The summed E-state index contributed by atoms with van der Waals surface area (Å²) in [6.45, 7) is 3.99. The highest BCUT2D eigenvalue weighted by molar-refractivity contribution is 5.69. The van der Waals surface area contributed by atoms with E-state index in [4.69, 9.17) is 0 Å². The summed E-state index contributed by atoms with van der Waals surface area (Å²) < 4.78 is 1.84. The summed E-state index contributed by atoms with van der Waals surface area (Å²) in [4.78, 5) is 3.99.